The van der Waals surface area contributed by atoms with Crippen LogP contribution >= 0.6 is 0 Å². The molecule has 2 rings (SSSR count). The van der Waals surface area contributed by atoms with Gasteiger partial charge in [0.25, 0.3) is 11.8 Å². The predicted molar refractivity (Wildman–Crippen MR) is 87.0 cm³/mol. The number of hydrogen-bond acceptors (Lipinski definition) is 3. The topological polar surface area (TPSA) is 81.4 Å². The Balaban J connectivity index is 1.81. The lowest BCUT2D eigenvalue weighted by Crippen LogP contribution is -2.23. The third-order valence-corrected chi connectivity index (χ3v) is 3.00. The molecule has 0 spiro atoms. The predicted octanol–water partition coefficient (Wildman–Crippen LogP) is 1.74. The van der Waals surface area contributed by atoms with Crippen molar-refractivity contribution in [2.24, 2.45) is 5.73 Å². The molecule has 2 aromatic rings. The molecule has 0 radical (unpaired) electrons. The number of nitrogens with two attached hydrogens (primary N) is 1. The largest absolute Gasteiger partial charge is 0.480 e. The van der Waals surface area contributed by atoms with Gasteiger partial charge in [-0.2, -0.15) is 0 Å². The molecule has 0 aliphatic carbocycles. The summed E-state index contributed by atoms with van der Waals surface area (Å²) >= 11 is 0. The van der Waals surface area contributed by atoms with Crippen LogP contribution in [0.4, 0.5) is 4.39 Å². The zero-order valence-corrected chi connectivity index (χ0v) is 12.7. The molecule has 0 aromatic heterocycles. The van der Waals surface area contributed by atoms with Crippen LogP contribution in [-0.4, -0.2) is 25.0 Å². The van der Waals surface area contributed by atoms with Crippen LogP contribution in [0.15, 0.2) is 48.5 Å². The Morgan fingerprint density at radius 2 is 1.92 bits per heavy atom. The first kappa shape index (κ1) is 17.0. The number of primary amides is 1. The van der Waals surface area contributed by atoms with Gasteiger partial charge in [-0.3, -0.25) is 9.59 Å². The fourth-order valence-corrected chi connectivity index (χ4v) is 1.88. The summed E-state index contributed by atoms with van der Waals surface area (Å²) < 4.78 is 18.4. The van der Waals surface area contributed by atoms with Crippen molar-refractivity contribution < 1.29 is 18.7 Å². The van der Waals surface area contributed by atoms with E-state index < -0.39 is 17.6 Å². The van der Waals surface area contributed by atoms with Crippen molar-refractivity contribution >= 4 is 11.8 Å². The van der Waals surface area contributed by atoms with E-state index in [1.165, 1.54) is 18.2 Å². The van der Waals surface area contributed by atoms with Gasteiger partial charge in [-0.1, -0.05) is 30.0 Å². The molecule has 0 aliphatic heterocycles. The molecule has 122 valence electrons. The zero-order valence-electron chi connectivity index (χ0n) is 12.7. The van der Waals surface area contributed by atoms with E-state index in [0.717, 1.165) is 6.07 Å². The van der Waals surface area contributed by atoms with Gasteiger partial charge in [-0.05, 0) is 30.3 Å². The molecule has 3 N–H and O–H groups in total. The van der Waals surface area contributed by atoms with Gasteiger partial charge in [0.1, 0.15) is 18.2 Å². The zero-order chi connectivity index (χ0) is 17.4. The van der Waals surface area contributed by atoms with Crippen LogP contribution in [0.3, 0.4) is 0 Å². The minimum Gasteiger partial charge on any atom is -0.480 e. The fraction of sp³-hybridized carbons (Fsp3) is 0.111. The van der Waals surface area contributed by atoms with Gasteiger partial charge in [0, 0.05) is 5.56 Å². The molecule has 0 aliphatic rings. The van der Waals surface area contributed by atoms with E-state index in [9.17, 15) is 14.0 Å². The lowest BCUT2D eigenvalue weighted by molar-refractivity contribution is 0.0956. The molecule has 0 fully saturated rings. The summed E-state index contributed by atoms with van der Waals surface area (Å²) in [5.41, 5.74) is 5.74. The van der Waals surface area contributed by atoms with Gasteiger partial charge in [0.2, 0.25) is 0 Å². The molecule has 0 unspecified atom stereocenters. The van der Waals surface area contributed by atoms with Gasteiger partial charge in [0.05, 0.1) is 12.1 Å². The van der Waals surface area contributed by atoms with Gasteiger partial charge in [0.15, 0.2) is 0 Å². The molecule has 24 heavy (non-hydrogen) atoms. The SMILES string of the molecule is NC(=O)c1ccccc1OCC#CCNC(=O)c1cccc(F)c1. The van der Waals surface area contributed by atoms with Crippen LogP contribution < -0.4 is 15.8 Å². The quantitative estimate of drug-likeness (QED) is 0.821. The first-order valence-corrected chi connectivity index (χ1v) is 7.09. The lowest BCUT2D eigenvalue weighted by Gasteiger charge is -2.05. The summed E-state index contributed by atoms with van der Waals surface area (Å²) in [6.45, 7) is 0.135. The number of carbonyl (C=O) groups excluding carboxylic acids is 2. The third-order valence-electron chi connectivity index (χ3n) is 3.00. The number of rotatable bonds is 5. The minimum absolute atomic E-state index is 0.0418. The van der Waals surface area contributed by atoms with Crippen molar-refractivity contribution in [2.45, 2.75) is 0 Å². The van der Waals surface area contributed by atoms with Gasteiger partial charge < -0.3 is 15.8 Å². The number of ether oxygens (including phenoxy) is 1. The number of halogens is 1. The van der Waals surface area contributed by atoms with Crippen molar-refractivity contribution in [3.05, 3.63) is 65.5 Å². The maximum atomic E-state index is 13.0. The van der Waals surface area contributed by atoms with Crippen LogP contribution in [0.5, 0.6) is 5.75 Å². The monoisotopic (exact) mass is 326 g/mol. The third kappa shape index (κ3) is 4.85. The van der Waals surface area contributed by atoms with E-state index in [-0.39, 0.29) is 24.3 Å². The van der Waals surface area contributed by atoms with Crippen LogP contribution in [0.25, 0.3) is 0 Å². The second kappa shape index (κ2) is 8.34. The summed E-state index contributed by atoms with van der Waals surface area (Å²) in [5.74, 6) is 4.29. The van der Waals surface area contributed by atoms with E-state index in [1.54, 1.807) is 24.3 Å². The van der Waals surface area contributed by atoms with Crippen molar-refractivity contribution in [2.75, 3.05) is 13.2 Å². The summed E-state index contributed by atoms with van der Waals surface area (Å²) in [7, 11) is 0. The molecule has 0 heterocycles. The van der Waals surface area contributed by atoms with E-state index in [4.69, 9.17) is 10.5 Å². The number of para-hydroxylation sites is 1. The Bertz CT molecular complexity index is 809. The molecule has 0 saturated carbocycles. The molecular formula is C18H15FN2O3. The molecule has 2 aromatic carbocycles. The highest BCUT2D eigenvalue weighted by Crippen LogP contribution is 2.16. The first-order valence-electron chi connectivity index (χ1n) is 7.09. The molecular weight excluding hydrogens is 311 g/mol. The Hall–Kier alpha value is -3.33. The number of nitrogens with one attached hydrogen (secondary N) is 1. The van der Waals surface area contributed by atoms with Crippen molar-refractivity contribution in [3.8, 4) is 17.6 Å². The standard InChI is InChI=1S/C18H15FN2O3/c19-14-7-5-6-13(12-14)18(23)21-10-3-4-11-24-16-9-2-1-8-15(16)17(20)22/h1-2,5-9,12H,10-11H2,(H2,20,22)(H,21,23). The van der Waals surface area contributed by atoms with Gasteiger partial charge in [-0.15, -0.1) is 0 Å². The maximum absolute atomic E-state index is 13.0. The van der Waals surface area contributed by atoms with E-state index in [0.29, 0.717) is 5.75 Å². The van der Waals surface area contributed by atoms with Crippen LogP contribution in [0.1, 0.15) is 20.7 Å². The summed E-state index contributed by atoms with van der Waals surface area (Å²) in [6, 6.07) is 12.0. The number of carbonyl (C=O) groups is 2. The molecule has 2 amide bonds. The lowest BCUT2D eigenvalue weighted by atomic mass is 10.2. The number of hydrogen-bond donors (Lipinski definition) is 2. The van der Waals surface area contributed by atoms with Gasteiger partial charge in [-0.25, -0.2) is 4.39 Å². The summed E-state index contributed by atoms with van der Waals surface area (Å²) in [4.78, 5) is 23.0. The number of benzene rings is 2. The van der Waals surface area contributed by atoms with Crippen LogP contribution in [0.2, 0.25) is 0 Å². The highest BCUT2D eigenvalue weighted by Gasteiger charge is 2.07. The van der Waals surface area contributed by atoms with E-state index in [2.05, 4.69) is 17.2 Å². The van der Waals surface area contributed by atoms with Crippen LogP contribution in [0, 0.1) is 17.7 Å². The average Bonchev–Trinajstić information content (AvgIpc) is 2.58. The minimum atomic E-state index is -0.582. The fourth-order valence-electron chi connectivity index (χ4n) is 1.88. The second-order valence-electron chi connectivity index (χ2n) is 4.70. The molecule has 0 bridgehead atoms. The smallest absolute Gasteiger partial charge is 0.252 e. The summed E-state index contributed by atoms with van der Waals surface area (Å²) in [5, 5.41) is 2.55. The first-order chi connectivity index (χ1) is 11.6. The van der Waals surface area contributed by atoms with E-state index in [1.807, 2.05) is 0 Å². The van der Waals surface area contributed by atoms with Crippen molar-refractivity contribution in [3.63, 3.8) is 0 Å². The second-order valence-corrected chi connectivity index (χ2v) is 4.70. The normalized spacial score (nSPS) is 9.54. The Kier molecular flexibility index (Phi) is 5.92. The summed E-state index contributed by atoms with van der Waals surface area (Å²) in [6.07, 6.45) is 0. The maximum Gasteiger partial charge on any atom is 0.252 e. The molecule has 6 heteroatoms. The van der Waals surface area contributed by atoms with Crippen molar-refractivity contribution in [1.29, 1.82) is 0 Å². The highest BCUT2D eigenvalue weighted by atomic mass is 19.1. The molecule has 0 saturated heterocycles. The van der Waals surface area contributed by atoms with Crippen molar-refractivity contribution in [1.82, 2.24) is 5.32 Å². The van der Waals surface area contributed by atoms with Crippen LogP contribution in [-0.2, 0) is 0 Å². The van der Waals surface area contributed by atoms with E-state index >= 15 is 0 Å². The Morgan fingerprint density at radius 3 is 2.67 bits per heavy atom. The Morgan fingerprint density at radius 1 is 1.12 bits per heavy atom. The molecule has 5 nitrogen and oxygen atoms in total. The Labute approximate surface area is 138 Å². The van der Waals surface area contributed by atoms with Gasteiger partial charge >= 0.3 is 0 Å². The molecule has 0 atom stereocenters. The number of amides is 2. The highest BCUT2D eigenvalue weighted by molar-refractivity contribution is 5.95. The average molecular weight is 326 g/mol.